The third kappa shape index (κ3) is 6.10. The number of aromatic nitrogens is 2. The van der Waals surface area contributed by atoms with Gasteiger partial charge >= 0.3 is 6.43 Å². The molecule has 5 nitrogen and oxygen atoms in total. The van der Waals surface area contributed by atoms with Crippen LogP contribution in [0.25, 0.3) is 11.5 Å². The summed E-state index contributed by atoms with van der Waals surface area (Å²) < 4.78 is 57.0. The van der Waals surface area contributed by atoms with Gasteiger partial charge in [-0.05, 0) is 61.3 Å². The van der Waals surface area contributed by atoms with Crippen LogP contribution in [0.5, 0.6) is 0 Å². The summed E-state index contributed by atoms with van der Waals surface area (Å²) >= 11 is 0. The Morgan fingerprint density at radius 1 is 1.17 bits per heavy atom. The minimum atomic E-state index is -2.87. The first-order chi connectivity index (χ1) is 17.2. The van der Waals surface area contributed by atoms with E-state index in [-0.39, 0.29) is 36.2 Å². The first-order valence-corrected chi connectivity index (χ1v) is 12.6. The summed E-state index contributed by atoms with van der Waals surface area (Å²) in [5.41, 5.74) is 1.65. The van der Waals surface area contributed by atoms with Gasteiger partial charge in [-0.15, -0.1) is 10.2 Å². The van der Waals surface area contributed by atoms with Crippen molar-refractivity contribution in [3.63, 3.8) is 0 Å². The highest BCUT2D eigenvalue weighted by Gasteiger charge is 2.60. The van der Waals surface area contributed by atoms with Gasteiger partial charge < -0.3 is 4.42 Å². The van der Waals surface area contributed by atoms with Gasteiger partial charge in [-0.1, -0.05) is 38.3 Å². The summed E-state index contributed by atoms with van der Waals surface area (Å²) in [6, 6.07) is 4.99. The van der Waals surface area contributed by atoms with Crippen LogP contribution in [-0.2, 0) is 11.2 Å². The molecule has 0 unspecified atom stereocenters. The second-order valence-corrected chi connectivity index (χ2v) is 9.80. The number of hydrogen-bond donors (Lipinski definition) is 0. The first-order valence-electron chi connectivity index (χ1n) is 12.6. The number of benzene rings is 1. The van der Waals surface area contributed by atoms with Gasteiger partial charge in [-0.25, -0.2) is 8.78 Å². The second-order valence-electron chi connectivity index (χ2n) is 9.80. The average molecular weight is 507 g/mol. The molecular weight excluding hydrogens is 476 g/mol. The van der Waals surface area contributed by atoms with Crippen LogP contribution in [0.2, 0.25) is 0 Å². The normalized spacial score (nSPS) is 23.3. The maximum atomic E-state index is 13.2. The van der Waals surface area contributed by atoms with Gasteiger partial charge in [0.1, 0.15) is 5.78 Å². The smallest absolute Gasteiger partial charge is 0.314 e. The molecule has 2 saturated carbocycles. The van der Waals surface area contributed by atoms with Crippen LogP contribution < -0.4 is 0 Å². The predicted molar refractivity (Wildman–Crippen MR) is 125 cm³/mol. The molecule has 1 heterocycles. The van der Waals surface area contributed by atoms with Crippen LogP contribution in [0.1, 0.15) is 86.5 Å². The molecule has 1 aromatic carbocycles. The van der Waals surface area contributed by atoms with Gasteiger partial charge in [0, 0.05) is 24.0 Å². The molecule has 2 aliphatic rings. The topological polar surface area (TPSA) is 73.1 Å². The van der Waals surface area contributed by atoms with E-state index in [1.807, 2.05) is 13.0 Å². The Morgan fingerprint density at radius 2 is 1.89 bits per heavy atom. The van der Waals surface area contributed by atoms with Crippen LogP contribution in [0.3, 0.4) is 0 Å². The molecule has 0 radical (unpaired) electrons. The third-order valence-corrected chi connectivity index (χ3v) is 7.38. The fourth-order valence-electron chi connectivity index (χ4n) is 5.17. The zero-order chi connectivity index (χ0) is 25.9. The summed E-state index contributed by atoms with van der Waals surface area (Å²) in [5.74, 6) is -4.69. The fraction of sp³-hybridized carbons (Fsp3) is 0.556. The third-order valence-electron chi connectivity index (χ3n) is 7.38. The lowest BCUT2D eigenvalue weighted by molar-refractivity contribution is -0.122. The van der Waals surface area contributed by atoms with Crippen LogP contribution in [-0.4, -0.2) is 27.7 Å². The van der Waals surface area contributed by atoms with Gasteiger partial charge in [0.15, 0.2) is 5.78 Å². The Morgan fingerprint density at radius 3 is 2.53 bits per heavy atom. The van der Waals surface area contributed by atoms with Gasteiger partial charge in [0.05, 0.1) is 5.92 Å². The van der Waals surface area contributed by atoms with Gasteiger partial charge in [0.2, 0.25) is 5.89 Å². The summed E-state index contributed by atoms with van der Waals surface area (Å²) in [6.07, 6.45) is 6.36. The van der Waals surface area contributed by atoms with Crippen molar-refractivity contribution in [2.75, 3.05) is 0 Å². The Kier molecular flexibility index (Phi) is 8.05. The number of aryl methyl sites for hydroxylation is 1. The molecule has 9 heteroatoms. The number of nitrogens with zero attached hydrogens (tertiary/aromatic N) is 2. The summed E-state index contributed by atoms with van der Waals surface area (Å²) in [7, 11) is 0. The lowest BCUT2D eigenvalue weighted by atomic mass is 9.75. The van der Waals surface area contributed by atoms with Crippen LogP contribution in [0.4, 0.5) is 17.6 Å². The fourth-order valence-corrected chi connectivity index (χ4v) is 5.17. The molecule has 1 aromatic heterocycles. The van der Waals surface area contributed by atoms with E-state index in [4.69, 9.17) is 4.42 Å². The first kappa shape index (κ1) is 26.2. The Bertz CT molecular complexity index is 1130. The van der Waals surface area contributed by atoms with Gasteiger partial charge in [-0.2, -0.15) is 8.78 Å². The molecule has 0 N–H and O–H groups in total. The zero-order valence-electron chi connectivity index (χ0n) is 20.2. The highest BCUT2D eigenvalue weighted by molar-refractivity contribution is 6.06. The maximum absolute atomic E-state index is 13.2. The molecule has 2 aromatic rings. The van der Waals surface area contributed by atoms with E-state index in [9.17, 15) is 27.2 Å². The number of alkyl halides is 4. The second kappa shape index (κ2) is 11.0. The minimum Gasteiger partial charge on any atom is -0.415 e. The van der Waals surface area contributed by atoms with Crippen molar-refractivity contribution >= 4 is 11.6 Å². The minimum absolute atomic E-state index is 0.0745. The highest BCUT2D eigenvalue weighted by Crippen LogP contribution is 2.50. The van der Waals surface area contributed by atoms with Crippen LogP contribution in [0.15, 0.2) is 34.8 Å². The van der Waals surface area contributed by atoms with Crippen molar-refractivity contribution in [1.82, 2.24) is 10.2 Å². The quantitative estimate of drug-likeness (QED) is 0.183. The molecule has 2 aliphatic carbocycles. The molecule has 4 rings (SSSR count). The van der Waals surface area contributed by atoms with E-state index in [1.54, 1.807) is 18.2 Å². The SMILES string of the molecule is CCc1ccc(-c2nnc(C(F)F)o2)cc1C(=O)/C=C/C[C@@H]1CCCC[C@H]1CCC(=O)[C@@H]1CC1(F)F. The Balaban J connectivity index is 1.39. The van der Waals surface area contributed by atoms with Gasteiger partial charge in [0.25, 0.3) is 11.8 Å². The molecule has 0 aliphatic heterocycles. The molecule has 0 saturated heterocycles. The number of carbonyl (C=O) groups excluding carboxylic acids is 2. The molecule has 194 valence electrons. The van der Waals surface area contributed by atoms with E-state index < -0.39 is 24.2 Å². The lowest BCUT2D eigenvalue weighted by Gasteiger charge is -2.31. The summed E-state index contributed by atoms with van der Waals surface area (Å²) in [4.78, 5) is 25.1. The number of carbonyl (C=O) groups is 2. The molecule has 0 bridgehead atoms. The van der Waals surface area contributed by atoms with Crippen molar-refractivity contribution < 1.29 is 31.6 Å². The van der Waals surface area contributed by atoms with Crippen molar-refractivity contribution in [3.8, 4) is 11.5 Å². The summed E-state index contributed by atoms with van der Waals surface area (Å²) in [6.45, 7) is 1.92. The predicted octanol–water partition coefficient (Wildman–Crippen LogP) is 7.18. The van der Waals surface area contributed by atoms with E-state index in [2.05, 4.69) is 10.2 Å². The number of hydrogen-bond acceptors (Lipinski definition) is 5. The molecule has 0 spiro atoms. The largest absolute Gasteiger partial charge is 0.415 e. The number of halogens is 4. The van der Waals surface area contributed by atoms with E-state index in [0.29, 0.717) is 36.3 Å². The molecule has 3 atom stereocenters. The molecule has 36 heavy (non-hydrogen) atoms. The number of allylic oxidation sites excluding steroid dienone is 2. The van der Waals surface area contributed by atoms with Crippen molar-refractivity contribution in [2.45, 2.75) is 77.1 Å². The molecular formula is C27H30F4N2O3. The van der Waals surface area contributed by atoms with Crippen molar-refractivity contribution in [2.24, 2.45) is 17.8 Å². The lowest BCUT2D eigenvalue weighted by Crippen LogP contribution is -2.21. The monoisotopic (exact) mass is 506 g/mol. The van der Waals surface area contributed by atoms with Crippen molar-refractivity contribution in [3.05, 3.63) is 47.4 Å². The standard InChI is InChI=1S/C27H30F4N2O3/c1-2-16-10-11-19(25-32-33-26(36-25)24(28)29)14-20(16)22(34)9-5-8-17-6-3-4-7-18(17)12-13-23(35)21-15-27(21,30)31/h5,9-11,14,17-18,21,24H,2-4,6-8,12-13,15H2,1H3/b9-5+/t17-,18-,21-/m0/s1. The zero-order valence-corrected chi connectivity index (χ0v) is 20.2. The highest BCUT2D eigenvalue weighted by atomic mass is 19.3. The number of ketones is 2. The van der Waals surface area contributed by atoms with Crippen molar-refractivity contribution in [1.29, 1.82) is 0 Å². The Labute approximate surface area is 207 Å². The Hall–Kier alpha value is -2.84. The maximum Gasteiger partial charge on any atom is 0.314 e. The summed E-state index contributed by atoms with van der Waals surface area (Å²) in [5, 5.41) is 7.00. The molecule has 0 amide bonds. The number of rotatable bonds is 11. The number of Topliss-reactive ketones (excluding diaryl/α,β-unsaturated/α-hetero) is 1. The van der Waals surface area contributed by atoms with E-state index in [0.717, 1.165) is 31.2 Å². The van der Waals surface area contributed by atoms with Crippen LogP contribution >= 0.6 is 0 Å². The van der Waals surface area contributed by atoms with E-state index in [1.165, 1.54) is 6.08 Å². The average Bonchev–Trinajstić information content (AvgIpc) is 3.26. The molecule has 2 fully saturated rings. The van der Waals surface area contributed by atoms with Crippen LogP contribution in [0, 0.1) is 17.8 Å². The van der Waals surface area contributed by atoms with E-state index >= 15 is 0 Å². The van der Waals surface area contributed by atoms with Gasteiger partial charge in [-0.3, -0.25) is 9.59 Å².